The van der Waals surface area contributed by atoms with Gasteiger partial charge in [-0.25, -0.2) is 4.98 Å². The fraction of sp³-hybridized carbons (Fsp3) is 0.250. The quantitative estimate of drug-likeness (QED) is 0.626. The second-order valence-electron chi connectivity index (χ2n) is 6.12. The lowest BCUT2D eigenvalue weighted by molar-refractivity contribution is 0.174. The first kappa shape index (κ1) is 16.9. The van der Waals surface area contributed by atoms with Gasteiger partial charge in [0.1, 0.15) is 0 Å². The predicted molar refractivity (Wildman–Crippen MR) is 99.3 cm³/mol. The molecule has 0 saturated heterocycles. The molecule has 3 aromatic rings. The van der Waals surface area contributed by atoms with E-state index in [2.05, 4.69) is 22.9 Å². The minimum Gasteiger partial charge on any atom is -0.454 e. The number of aromatic nitrogens is 1. The lowest BCUT2D eigenvalue weighted by Crippen LogP contribution is -2.22. The van der Waals surface area contributed by atoms with Crippen LogP contribution in [0.5, 0.6) is 11.5 Å². The van der Waals surface area contributed by atoms with Crippen LogP contribution in [0, 0.1) is 0 Å². The normalized spacial score (nSPS) is 12.7. The number of benzene rings is 2. The van der Waals surface area contributed by atoms with Crippen molar-refractivity contribution < 1.29 is 13.9 Å². The van der Waals surface area contributed by atoms with Gasteiger partial charge in [0.25, 0.3) is 0 Å². The Bertz CT molecular complexity index is 910. The highest BCUT2D eigenvalue weighted by Gasteiger charge is 2.15. The third kappa shape index (κ3) is 3.69. The molecule has 134 valence electrons. The SMILES string of the molecule is CCN(Cc1ccc2c(c1)OCO2)Cc1ncc(-c2cccc(Cl)c2)o1. The van der Waals surface area contributed by atoms with Crippen molar-refractivity contribution in [2.45, 2.75) is 20.0 Å². The molecule has 0 N–H and O–H groups in total. The molecule has 0 aliphatic carbocycles. The summed E-state index contributed by atoms with van der Waals surface area (Å²) in [6.45, 7) is 4.70. The molecule has 0 unspecified atom stereocenters. The Kier molecular flexibility index (Phi) is 4.82. The van der Waals surface area contributed by atoms with E-state index in [-0.39, 0.29) is 0 Å². The Morgan fingerprint density at radius 1 is 1.08 bits per heavy atom. The van der Waals surface area contributed by atoms with Gasteiger partial charge >= 0.3 is 0 Å². The monoisotopic (exact) mass is 370 g/mol. The summed E-state index contributed by atoms with van der Waals surface area (Å²) in [6, 6.07) is 13.6. The van der Waals surface area contributed by atoms with Crippen molar-refractivity contribution in [2.24, 2.45) is 0 Å². The van der Waals surface area contributed by atoms with E-state index in [1.807, 2.05) is 36.4 Å². The van der Waals surface area contributed by atoms with E-state index in [1.54, 1.807) is 6.20 Å². The van der Waals surface area contributed by atoms with Crippen LogP contribution in [0.25, 0.3) is 11.3 Å². The van der Waals surface area contributed by atoms with Crippen LogP contribution < -0.4 is 9.47 Å². The highest BCUT2D eigenvalue weighted by atomic mass is 35.5. The van der Waals surface area contributed by atoms with Crippen LogP contribution in [0.2, 0.25) is 5.02 Å². The molecule has 2 aromatic carbocycles. The van der Waals surface area contributed by atoms with Crippen LogP contribution >= 0.6 is 11.6 Å². The average molecular weight is 371 g/mol. The van der Waals surface area contributed by atoms with E-state index in [4.69, 9.17) is 25.5 Å². The molecule has 0 amide bonds. The van der Waals surface area contributed by atoms with Crippen molar-refractivity contribution >= 4 is 11.6 Å². The highest BCUT2D eigenvalue weighted by molar-refractivity contribution is 6.30. The van der Waals surface area contributed by atoms with Crippen LogP contribution in [0.1, 0.15) is 18.4 Å². The zero-order valence-electron chi connectivity index (χ0n) is 14.4. The molecule has 0 saturated carbocycles. The van der Waals surface area contributed by atoms with Crippen LogP contribution in [-0.4, -0.2) is 23.2 Å². The molecule has 26 heavy (non-hydrogen) atoms. The molecule has 1 aromatic heterocycles. The van der Waals surface area contributed by atoms with Crippen molar-refractivity contribution in [3.63, 3.8) is 0 Å². The molecule has 0 spiro atoms. The number of hydrogen-bond donors (Lipinski definition) is 0. The second-order valence-corrected chi connectivity index (χ2v) is 6.56. The zero-order chi connectivity index (χ0) is 17.9. The number of oxazole rings is 1. The Morgan fingerprint density at radius 2 is 1.96 bits per heavy atom. The molecular formula is C20H19ClN2O3. The van der Waals surface area contributed by atoms with Crippen molar-refractivity contribution in [3.8, 4) is 22.8 Å². The van der Waals surface area contributed by atoms with Crippen molar-refractivity contribution in [1.82, 2.24) is 9.88 Å². The molecule has 6 heteroatoms. The van der Waals surface area contributed by atoms with Gasteiger partial charge in [-0.1, -0.05) is 36.7 Å². The Balaban J connectivity index is 1.45. The largest absolute Gasteiger partial charge is 0.454 e. The van der Waals surface area contributed by atoms with Gasteiger partial charge in [0.05, 0.1) is 12.7 Å². The van der Waals surface area contributed by atoms with Gasteiger partial charge in [0, 0.05) is 17.1 Å². The van der Waals surface area contributed by atoms with Crippen molar-refractivity contribution in [3.05, 3.63) is 65.1 Å². The number of halogens is 1. The smallest absolute Gasteiger partial charge is 0.231 e. The van der Waals surface area contributed by atoms with Gasteiger partial charge in [-0.2, -0.15) is 0 Å². The van der Waals surface area contributed by atoms with Gasteiger partial charge in [-0.05, 0) is 36.4 Å². The molecule has 0 radical (unpaired) electrons. The summed E-state index contributed by atoms with van der Waals surface area (Å²) in [5.74, 6) is 3.01. The molecule has 2 heterocycles. The first-order chi connectivity index (χ1) is 12.7. The summed E-state index contributed by atoms with van der Waals surface area (Å²) >= 11 is 6.05. The third-order valence-electron chi connectivity index (χ3n) is 4.31. The van der Waals surface area contributed by atoms with Crippen molar-refractivity contribution in [1.29, 1.82) is 0 Å². The van der Waals surface area contributed by atoms with Crippen LogP contribution in [0.15, 0.2) is 53.1 Å². The molecule has 5 nitrogen and oxygen atoms in total. The number of nitrogens with zero attached hydrogens (tertiary/aromatic N) is 2. The van der Waals surface area contributed by atoms with Gasteiger partial charge in [0.15, 0.2) is 17.3 Å². The topological polar surface area (TPSA) is 47.7 Å². The maximum Gasteiger partial charge on any atom is 0.231 e. The molecular weight excluding hydrogens is 352 g/mol. The van der Waals surface area contributed by atoms with Crippen LogP contribution in [-0.2, 0) is 13.1 Å². The lowest BCUT2D eigenvalue weighted by atomic mass is 10.2. The second kappa shape index (κ2) is 7.40. The molecule has 0 bridgehead atoms. The standard InChI is InChI=1S/C20H19ClN2O3/c1-2-23(11-14-6-7-17-18(8-14)25-13-24-17)12-20-22-10-19(26-20)15-4-3-5-16(21)9-15/h3-10H,2,11-13H2,1H3. The van der Waals surface area contributed by atoms with Gasteiger partial charge < -0.3 is 13.9 Å². The molecule has 1 aliphatic rings. The van der Waals surface area contributed by atoms with Crippen LogP contribution in [0.3, 0.4) is 0 Å². The van der Waals surface area contributed by atoms with E-state index >= 15 is 0 Å². The fourth-order valence-corrected chi connectivity index (χ4v) is 3.12. The van der Waals surface area contributed by atoms with E-state index in [0.29, 0.717) is 24.3 Å². The minimum atomic E-state index is 0.291. The molecule has 0 fully saturated rings. The average Bonchev–Trinajstić information content (AvgIpc) is 3.30. The van der Waals surface area contributed by atoms with Gasteiger partial charge in [0.2, 0.25) is 12.7 Å². The summed E-state index contributed by atoms with van der Waals surface area (Å²) in [7, 11) is 0. The summed E-state index contributed by atoms with van der Waals surface area (Å²) < 4.78 is 16.7. The van der Waals surface area contributed by atoms with Gasteiger partial charge in [-0.3, -0.25) is 4.90 Å². The number of rotatable bonds is 6. The lowest BCUT2D eigenvalue weighted by Gasteiger charge is -2.18. The Hall–Kier alpha value is -2.50. The van der Waals surface area contributed by atoms with E-state index in [1.165, 1.54) is 0 Å². The molecule has 0 atom stereocenters. The van der Waals surface area contributed by atoms with E-state index in [0.717, 1.165) is 41.5 Å². The molecule has 1 aliphatic heterocycles. The Morgan fingerprint density at radius 3 is 2.81 bits per heavy atom. The summed E-state index contributed by atoms with van der Waals surface area (Å²) in [6.07, 6.45) is 1.75. The predicted octanol–water partition coefficient (Wildman–Crippen LogP) is 4.75. The minimum absolute atomic E-state index is 0.291. The zero-order valence-corrected chi connectivity index (χ0v) is 15.2. The first-order valence-corrected chi connectivity index (χ1v) is 8.90. The number of hydrogen-bond acceptors (Lipinski definition) is 5. The van der Waals surface area contributed by atoms with E-state index in [9.17, 15) is 0 Å². The third-order valence-corrected chi connectivity index (χ3v) is 4.55. The maximum atomic E-state index is 6.05. The number of fused-ring (bicyclic) bond motifs is 1. The first-order valence-electron chi connectivity index (χ1n) is 8.53. The Labute approximate surface area is 157 Å². The maximum absolute atomic E-state index is 6.05. The van der Waals surface area contributed by atoms with Gasteiger partial charge in [-0.15, -0.1) is 0 Å². The van der Waals surface area contributed by atoms with Crippen molar-refractivity contribution in [2.75, 3.05) is 13.3 Å². The van der Waals surface area contributed by atoms with E-state index < -0.39 is 0 Å². The summed E-state index contributed by atoms with van der Waals surface area (Å²) in [5.41, 5.74) is 2.09. The summed E-state index contributed by atoms with van der Waals surface area (Å²) in [4.78, 5) is 6.67. The summed E-state index contributed by atoms with van der Waals surface area (Å²) in [5, 5.41) is 0.679. The molecule has 4 rings (SSSR count). The highest BCUT2D eigenvalue weighted by Crippen LogP contribution is 2.33. The number of ether oxygens (including phenoxy) is 2. The van der Waals surface area contributed by atoms with Crippen LogP contribution in [0.4, 0.5) is 0 Å². The fourth-order valence-electron chi connectivity index (χ4n) is 2.93.